The quantitative estimate of drug-likeness (QED) is 0.573. The molecule has 22 heavy (non-hydrogen) atoms. The van der Waals surface area contributed by atoms with Gasteiger partial charge in [-0.3, -0.25) is 14.4 Å². The van der Waals surface area contributed by atoms with Crippen molar-refractivity contribution in [2.75, 3.05) is 27.2 Å². The molecule has 7 heteroatoms. The molecule has 1 rings (SSSR count). The third-order valence-corrected chi connectivity index (χ3v) is 3.17. The van der Waals surface area contributed by atoms with Crippen LogP contribution in [0, 0.1) is 5.92 Å². The van der Waals surface area contributed by atoms with Gasteiger partial charge in [0.15, 0.2) is 5.76 Å². The Hall–Kier alpha value is -2.31. The van der Waals surface area contributed by atoms with Gasteiger partial charge in [0, 0.05) is 26.6 Å². The van der Waals surface area contributed by atoms with Gasteiger partial charge in [0.25, 0.3) is 5.91 Å². The molecule has 0 radical (unpaired) electrons. The highest BCUT2D eigenvalue weighted by molar-refractivity contribution is 5.91. The first-order valence-corrected chi connectivity index (χ1v) is 7.09. The van der Waals surface area contributed by atoms with Crippen molar-refractivity contribution in [3.8, 4) is 0 Å². The zero-order valence-corrected chi connectivity index (χ0v) is 13.1. The maximum Gasteiger partial charge on any atom is 0.310 e. The van der Waals surface area contributed by atoms with Gasteiger partial charge in [-0.1, -0.05) is 6.92 Å². The summed E-state index contributed by atoms with van der Waals surface area (Å²) >= 11 is 0. The molecule has 0 aliphatic carbocycles. The fourth-order valence-electron chi connectivity index (χ4n) is 1.92. The van der Waals surface area contributed by atoms with E-state index in [0.717, 1.165) is 0 Å². The summed E-state index contributed by atoms with van der Waals surface area (Å²) in [6.45, 7) is 2.40. The van der Waals surface area contributed by atoms with Crippen LogP contribution in [0.1, 0.15) is 30.3 Å². The molecule has 1 heterocycles. The monoisotopic (exact) mass is 310 g/mol. The van der Waals surface area contributed by atoms with Crippen LogP contribution in [0.15, 0.2) is 22.8 Å². The number of ether oxygens (including phenoxy) is 1. The van der Waals surface area contributed by atoms with E-state index in [1.54, 1.807) is 26.1 Å². The van der Waals surface area contributed by atoms with E-state index in [9.17, 15) is 14.4 Å². The molecule has 0 aromatic carbocycles. The molecular formula is C15H22N2O5. The van der Waals surface area contributed by atoms with E-state index >= 15 is 0 Å². The topological polar surface area (TPSA) is 88.9 Å². The smallest absolute Gasteiger partial charge is 0.310 e. The van der Waals surface area contributed by atoms with Crippen LogP contribution in [-0.4, -0.2) is 49.9 Å². The van der Waals surface area contributed by atoms with Gasteiger partial charge in [-0.25, -0.2) is 0 Å². The Balaban J connectivity index is 2.22. The van der Waals surface area contributed by atoms with E-state index in [1.165, 1.54) is 18.3 Å². The fraction of sp³-hybridized carbons (Fsp3) is 0.533. The lowest BCUT2D eigenvalue weighted by Gasteiger charge is -2.20. The highest BCUT2D eigenvalue weighted by Crippen LogP contribution is 2.04. The molecule has 0 spiro atoms. The molecule has 0 saturated heterocycles. The molecule has 0 bridgehead atoms. The highest BCUT2D eigenvalue weighted by Gasteiger charge is 2.18. The van der Waals surface area contributed by atoms with Gasteiger partial charge < -0.3 is 19.4 Å². The van der Waals surface area contributed by atoms with Crippen LogP contribution in [0.25, 0.3) is 0 Å². The highest BCUT2D eigenvalue weighted by atomic mass is 16.5. The summed E-state index contributed by atoms with van der Waals surface area (Å²) < 4.78 is 9.58. The summed E-state index contributed by atoms with van der Waals surface area (Å²) in [5, 5.41) is 2.67. The Kier molecular flexibility index (Phi) is 7.15. The Bertz CT molecular complexity index is 498. The van der Waals surface area contributed by atoms with E-state index in [4.69, 9.17) is 4.42 Å². The molecule has 0 saturated carbocycles. The second-order valence-corrected chi connectivity index (χ2v) is 5.04. The Morgan fingerprint density at radius 3 is 2.73 bits per heavy atom. The van der Waals surface area contributed by atoms with Gasteiger partial charge in [-0.2, -0.15) is 0 Å². The lowest BCUT2D eigenvalue weighted by molar-refractivity contribution is -0.146. The van der Waals surface area contributed by atoms with Crippen molar-refractivity contribution in [2.45, 2.75) is 19.8 Å². The summed E-state index contributed by atoms with van der Waals surface area (Å²) in [6.07, 6.45) is 2.24. The number of carbonyl (C=O) groups is 3. The minimum atomic E-state index is -0.363. The maximum absolute atomic E-state index is 11.9. The number of esters is 1. The average Bonchev–Trinajstić information content (AvgIpc) is 3.04. The van der Waals surface area contributed by atoms with E-state index in [2.05, 4.69) is 10.1 Å². The molecule has 0 aliphatic heterocycles. The number of hydrogen-bond donors (Lipinski definition) is 1. The Morgan fingerprint density at radius 2 is 2.14 bits per heavy atom. The fourth-order valence-corrected chi connectivity index (χ4v) is 1.92. The van der Waals surface area contributed by atoms with E-state index in [1.807, 2.05) is 0 Å². The zero-order chi connectivity index (χ0) is 16.5. The van der Waals surface area contributed by atoms with Crippen molar-refractivity contribution in [3.05, 3.63) is 24.2 Å². The Labute approximate surface area is 129 Å². The molecule has 2 amide bonds. The average molecular weight is 310 g/mol. The first-order valence-electron chi connectivity index (χ1n) is 7.09. The van der Waals surface area contributed by atoms with E-state index in [0.29, 0.717) is 25.9 Å². The second kappa shape index (κ2) is 8.86. The van der Waals surface area contributed by atoms with Gasteiger partial charge in [0.1, 0.15) is 0 Å². The normalized spacial score (nSPS) is 11.6. The Morgan fingerprint density at radius 1 is 1.41 bits per heavy atom. The molecule has 1 aromatic heterocycles. The van der Waals surface area contributed by atoms with Crippen molar-refractivity contribution in [2.24, 2.45) is 5.92 Å². The van der Waals surface area contributed by atoms with Crippen LogP contribution >= 0.6 is 0 Å². The van der Waals surface area contributed by atoms with Crippen LogP contribution in [0.5, 0.6) is 0 Å². The van der Waals surface area contributed by atoms with Crippen molar-refractivity contribution in [1.82, 2.24) is 10.2 Å². The molecule has 1 atom stereocenters. The number of rotatable bonds is 8. The number of nitrogens with zero attached hydrogens (tertiary/aromatic N) is 1. The zero-order valence-electron chi connectivity index (χ0n) is 13.1. The first-order chi connectivity index (χ1) is 10.5. The molecule has 0 aliphatic rings. The number of carbonyl (C=O) groups excluding carboxylic acids is 3. The van der Waals surface area contributed by atoms with Crippen LogP contribution in [0.2, 0.25) is 0 Å². The van der Waals surface area contributed by atoms with Crippen LogP contribution in [0.3, 0.4) is 0 Å². The minimum Gasteiger partial charge on any atom is -0.469 e. The summed E-state index contributed by atoms with van der Waals surface area (Å²) in [5.74, 6) is -0.841. The predicted molar refractivity (Wildman–Crippen MR) is 79.1 cm³/mol. The molecule has 1 N–H and O–H groups in total. The lowest BCUT2D eigenvalue weighted by Crippen LogP contribution is -2.34. The number of methoxy groups -OCH3 is 1. The van der Waals surface area contributed by atoms with Gasteiger partial charge in [-0.05, 0) is 18.6 Å². The van der Waals surface area contributed by atoms with Crippen molar-refractivity contribution < 1.29 is 23.5 Å². The third-order valence-electron chi connectivity index (χ3n) is 3.17. The van der Waals surface area contributed by atoms with Crippen LogP contribution in [-0.2, 0) is 14.3 Å². The number of furan rings is 1. The third kappa shape index (κ3) is 5.59. The number of amides is 2. The van der Waals surface area contributed by atoms with E-state index < -0.39 is 0 Å². The van der Waals surface area contributed by atoms with Crippen molar-refractivity contribution in [1.29, 1.82) is 0 Å². The molecule has 1 unspecified atom stereocenters. The van der Waals surface area contributed by atoms with Gasteiger partial charge in [0.05, 0.1) is 19.3 Å². The summed E-state index contributed by atoms with van der Waals surface area (Å²) in [6, 6.07) is 3.21. The second-order valence-electron chi connectivity index (χ2n) is 5.04. The van der Waals surface area contributed by atoms with Gasteiger partial charge >= 0.3 is 5.97 Å². The molecule has 0 fully saturated rings. The predicted octanol–water partition coefficient (Wildman–Crippen LogP) is 1.06. The summed E-state index contributed by atoms with van der Waals surface area (Å²) in [7, 11) is 2.96. The maximum atomic E-state index is 11.9. The van der Waals surface area contributed by atoms with Gasteiger partial charge in [0.2, 0.25) is 5.91 Å². The summed E-state index contributed by atoms with van der Waals surface area (Å²) in [5.41, 5.74) is 0. The van der Waals surface area contributed by atoms with E-state index in [-0.39, 0.29) is 29.5 Å². The number of nitrogens with one attached hydrogen (secondary N) is 1. The summed E-state index contributed by atoms with van der Waals surface area (Å²) in [4.78, 5) is 36.3. The number of hydrogen-bond acceptors (Lipinski definition) is 5. The minimum absolute atomic E-state index is 0.0806. The van der Waals surface area contributed by atoms with Crippen molar-refractivity contribution >= 4 is 17.8 Å². The SMILES string of the molecule is COC(=O)C(C)CN(C)C(=O)CCCNC(=O)c1ccco1. The first kappa shape index (κ1) is 17.7. The van der Waals surface area contributed by atoms with Crippen molar-refractivity contribution in [3.63, 3.8) is 0 Å². The molecule has 1 aromatic rings. The van der Waals surface area contributed by atoms with Crippen LogP contribution < -0.4 is 5.32 Å². The van der Waals surface area contributed by atoms with Gasteiger partial charge in [-0.15, -0.1) is 0 Å². The standard InChI is InChI=1S/C15H22N2O5/c1-11(15(20)21-3)10-17(2)13(18)7-4-8-16-14(19)12-6-5-9-22-12/h5-6,9,11H,4,7-8,10H2,1-3H3,(H,16,19). The largest absolute Gasteiger partial charge is 0.469 e. The molecule has 7 nitrogen and oxygen atoms in total. The molecule has 122 valence electrons. The molecular weight excluding hydrogens is 288 g/mol. The lowest BCUT2D eigenvalue weighted by atomic mass is 10.1. The van der Waals surface area contributed by atoms with Crippen LogP contribution in [0.4, 0.5) is 0 Å².